The number of benzene rings is 1. The smallest absolute Gasteiger partial charge is 0.247 e. The molecule has 6 atom stereocenters. The van der Waals surface area contributed by atoms with Crippen LogP contribution < -0.4 is 9.64 Å². The van der Waals surface area contributed by atoms with E-state index in [2.05, 4.69) is 27.0 Å². The van der Waals surface area contributed by atoms with E-state index in [0.29, 0.717) is 44.8 Å². The van der Waals surface area contributed by atoms with Crippen molar-refractivity contribution in [3.8, 4) is 5.75 Å². The predicted octanol–water partition coefficient (Wildman–Crippen LogP) is 4.67. The van der Waals surface area contributed by atoms with E-state index in [4.69, 9.17) is 4.74 Å². The lowest BCUT2D eigenvalue weighted by Crippen LogP contribution is -2.57. The Morgan fingerprint density at radius 1 is 1.14 bits per heavy atom. The Morgan fingerprint density at radius 2 is 1.83 bits per heavy atom. The van der Waals surface area contributed by atoms with Crippen molar-refractivity contribution >= 4 is 35.2 Å². The molecule has 0 radical (unpaired) electrons. The number of ether oxygens (including phenoxy) is 1. The third-order valence-electron chi connectivity index (χ3n) is 9.27. The molecule has 0 aliphatic carbocycles. The molecule has 2 bridgehead atoms. The monoisotopic (exact) mass is 597 g/mol. The van der Waals surface area contributed by atoms with Crippen molar-refractivity contribution < 1.29 is 24.2 Å². The van der Waals surface area contributed by atoms with Crippen molar-refractivity contribution in [1.29, 1.82) is 0 Å². The van der Waals surface area contributed by atoms with Gasteiger partial charge in [0.25, 0.3) is 0 Å². The summed E-state index contributed by atoms with van der Waals surface area (Å²) in [6.45, 7) is 17.4. The van der Waals surface area contributed by atoms with Crippen molar-refractivity contribution in [3.63, 3.8) is 0 Å². The Labute approximate surface area is 255 Å². The van der Waals surface area contributed by atoms with Crippen LogP contribution in [-0.4, -0.2) is 87.1 Å². The van der Waals surface area contributed by atoms with Crippen LogP contribution >= 0.6 is 11.8 Å². The lowest BCUT2D eigenvalue weighted by Gasteiger charge is -2.39. The zero-order valence-electron chi connectivity index (χ0n) is 25.6. The molecule has 3 amide bonds. The average molecular weight is 598 g/mol. The molecule has 2 unspecified atom stereocenters. The second kappa shape index (κ2) is 13.2. The number of carbonyl (C=O) groups is 3. The molecule has 1 aromatic rings. The standard InChI is InChI=1S/C33H47N3O5S/c1-7-12-21-34(19-8-2)31(40)28-33-18-17-32(6,42-33)26(27(33)30(39)36(28)23(10-4)22-37)29(38)35(20-9-3)24-13-15-25(16-14-24)41-11-5/h8-9,13-16,23,26-28,37H,2-3,7,10-12,17-22H2,1,4-6H3/t23-,26-,27-,28?,32+,33?/m0/s1. The number of unbranched alkanes of at least 4 members (excludes halogenated alkanes) is 1. The second-order valence-electron chi connectivity index (χ2n) is 11.8. The number of thioether (sulfide) groups is 1. The van der Waals surface area contributed by atoms with E-state index in [-0.39, 0.29) is 24.3 Å². The number of likely N-dealkylation sites (tertiary alicyclic amines) is 1. The fraction of sp³-hybridized carbons (Fsp3) is 0.606. The molecule has 0 aromatic heterocycles. The van der Waals surface area contributed by atoms with E-state index in [1.165, 1.54) is 0 Å². The van der Waals surface area contributed by atoms with Gasteiger partial charge in [0, 0.05) is 30.1 Å². The molecule has 0 saturated carbocycles. The maximum atomic E-state index is 14.6. The minimum absolute atomic E-state index is 0.106. The van der Waals surface area contributed by atoms with E-state index in [1.807, 2.05) is 38.1 Å². The first-order valence-corrected chi connectivity index (χ1v) is 16.2. The maximum Gasteiger partial charge on any atom is 0.247 e. The Balaban J connectivity index is 1.78. The van der Waals surface area contributed by atoms with Crippen molar-refractivity contribution in [3.05, 3.63) is 49.6 Å². The lowest BCUT2D eigenvalue weighted by molar-refractivity contribution is -0.146. The van der Waals surface area contributed by atoms with Crippen LogP contribution in [0.3, 0.4) is 0 Å². The number of fused-ring (bicyclic) bond motifs is 1. The van der Waals surface area contributed by atoms with E-state index in [0.717, 1.165) is 25.0 Å². The van der Waals surface area contributed by atoms with Gasteiger partial charge in [0.2, 0.25) is 17.7 Å². The van der Waals surface area contributed by atoms with Crippen molar-refractivity contribution in [2.45, 2.75) is 81.4 Å². The van der Waals surface area contributed by atoms with Crippen LogP contribution in [0.15, 0.2) is 49.6 Å². The van der Waals surface area contributed by atoms with Gasteiger partial charge in [-0.2, -0.15) is 0 Å². The number of aliphatic hydroxyl groups excluding tert-OH is 1. The fourth-order valence-electron chi connectivity index (χ4n) is 7.30. The van der Waals surface area contributed by atoms with Crippen molar-refractivity contribution in [1.82, 2.24) is 9.80 Å². The van der Waals surface area contributed by atoms with Gasteiger partial charge < -0.3 is 24.5 Å². The van der Waals surface area contributed by atoms with Crippen molar-refractivity contribution in [2.24, 2.45) is 11.8 Å². The molecular weight excluding hydrogens is 550 g/mol. The number of carbonyl (C=O) groups excluding carboxylic acids is 3. The number of amides is 3. The van der Waals surface area contributed by atoms with Gasteiger partial charge in [0.1, 0.15) is 11.8 Å². The zero-order chi connectivity index (χ0) is 30.7. The van der Waals surface area contributed by atoms with Gasteiger partial charge in [-0.05, 0) is 63.8 Å². The van der Waals surface area contributed by atoms with Gasteiger partial charge in [-0.1, -0.05) is 32.4 Å². The number of hydrogen-bond donors (Lipinski definition) is 1. The largest absolute Gasteiger partial charge is 0.494 e. The van der Waals surface area contributed by atoms with E-state index in [1.54, 1.807) is 38.6 Å². The van der Waals surface area contributed by atoms with Crippen LogP contribution in [0.25, 0.3) is 0 Å². The highest BCUT2D eigenvalue weighted by Crippen LogP contribution is 2.72. The number of anilines is 1. The summed E-state index contributed by atoms with van der Waals surface area (Å²) in [5, 5.41) is 10.4. The minimum atomic E-state index is -0.744. The predicted molar refractivity (Wildman–Crippen MR) is 169 cm³/mol. The topological polar surface area (TPSA) is 90.4 Å². The normalized spacial score (nSPS) is 28.4. The second-order valence-corrected chi connectivity index (χ2v) is 13.7. The summed E-state index contributed by atoms with van der Waals surface area (Å²) < 4.78 is 4.36. The van der Waals surface area contributed by atoms with E-state index >= 15 is 0 Å². The summed E-state index contributed by atoms with van der Waals surface area (Å²) >= 11 is 1.66. The number of aliphatic hydroxyl groups is 1. The quantitative estimate of drug-likeness (QED) is 0.296. The summed E-state index contributed by atoms with van der Waals surface area (Å²) in [7, 11) is 0. The maximum absolute atomic E-state index is 14.6. The van der Waals surface area contributed by atoms with Crippen LogP contribution in [0.1, 0.15) is 59.8 Å². The molecule has 1 N–H and O–H groups in total. The molecule has 3 aliphatic heterocycles. The molecule has 4 rings (SSSR count). The minimum Gasteiger partial charge on any atom is -0.494 e. The van der Waals surface area contributed by atoms with E-state index < -0.39 is 33.4 Å². The SMILES string of the molecule is C=CCN(CCCC)C(=O)C1N([C@@H](CC)CO)C(=O)[C@@H]2[C@@H](C(=O)N(CC=C)c3ccc(OCC)cc3)[C@@]3(C)CCC12S3. The summed E-state index contributed by atoms with van der Waals surface area (Å²) in [5.41, 5.74) is 0.710. The van der Waals surface area contributed by atoms with Crippen LogP contribution in [0.5, 0.6) is 5.75 Å². The molecular formula is C33H47N3O5S. The number of nitrogens with zero attached hydrogens (tertiary/aromatic N) is 3. The lowest BCUT2D eigenvalue weighted by atomic mass is 9.66. The summed E-state index contributed by atoms with van der Waals surface area (Å²) in [4.78, 5) is 48.7. The molecule has 3 heterocycles. The Bertz CT molecular complexity index is 1170. The summed E-state index contributed by atoms with van der Waals surface area (Å²) in [6, 6.07) is 6.17. The highest BCUT2D eigenvalue weighted by molar-refractivity contribution is 8.02. The molecule has 9 heteroatoms. The van der Waals surface area contributed by atoms with Gasteiger partial charge in [-0.15, -0.1) is 24.9 Å². The molecule has 42 heavy (non-hydrogen) atoms. The third-order valence-corrected chi connectivity index (χ3v) is 11.3. The average Bonchev–Trinajstić information content (AvgIpc) is 3.55. The molecule has 1 spiro atoms. The van der Waals surface area contributed by atoms with Gasteiger partial charge in [0.05, 0.1) is 35.8 Å². The molecule has 8 nitrogen and oxygen atoms in total. The van der Waals surface area contributed by atoms with Crippen LogP contribution in [0.2, 0.25) is 0 Å². The molecule has 3 fully saturated rings. The fourth-order valence-corrected chi connectivity index (χ4v) is 9.63. The molecule has 3 aliphatic rings. The Kier molecular flexibility index (Phi) is 10.1. The van der Waals surface area contributed by atoms with Crippen LogP contribution in [0, 0.1) is 11.8 Å². The Morgan fingerprint density at radius 3 is 2.40 bits per heavy atom. The third kappa shape index (κ3) is 5.39. The number of hydrogen-bond acceptors (Lipinski definition) is 6. The first kappa shape index (κ1) is 32.1. The first-order valence-electron chi connectivity index (χ1n) is 15.4. The molecule has 1 aromatic carbocycles. The Hall–Kier alpha value is -2.78. The number of rotatable bonds is 15. The van der Waals surface area contributed by atoms with Crippen molar-refractivity contribution in [2.75, 3.05) is 37.7 Å². The van der Waals surface area contributed by atoms with Crippen LogP contribution in [-0.2, 0) is 14.4 Å². The highest BCUT2D eigenvalue weighted by Gasteiger charge is 2.78. The van der Waals surface area contributed by atoms with Gasteiger partial charge in [-0.3, -0.25) is 14.4 Å². The molecule has 3 saturated heterocycles. The molecule has 230 valence electrons. The zero-order valence-corrected chi connectivity index (χ0v) is 26.4. The highest BCUT2D eigenvalue weighted by atomic mass is 32.2. The van der Waals surface area contributed by atoms with E-state index in [9.17, 15) is 19.5 Å². The van der Waals surface area contributed by atoms with Gasteiger partial charge in [-0.25, -0.2) is 0 Å². The van der Waals surface area contributed by atoms with Crippen LogP contribution in [0.4, 0.5) is 5.69 Å². The summed E-state index contributed by atoms with van der Waals surface area (Å²) in [5.74, 6) is -0.982. The summed E-state index contributed by atoms with van der Waals surface area (Å²) in [6.07, 6.45) is 7.12. The first-order chi connectivity index (χ1) is 20.2. The van der Waals surface area contributed by atoms with Gasteiger partial charge >= 0.3 is 0 Å². The van der Waals surface area contributed by atoms with Gasteiger partial charge in [0.15, 0.2) is 0 Å².